The second kappa shape index (κ2) is 7.98. The molecule has 0 saturated heterocycles. The molecule has 2 aromatic rings. The summed E-state index contributed by atoms with van der Waals surface area (Å²) >= 11 is 0. The van der Waals surface area contributed by atoms with Crippen LogP contribution in [0, 0.1) is 0 Å². The van der Waals surface area contributed by atoms with E-state index in [9.17, 15) is 9.59 Å². The number of amides is 3. The minimum Gasteiger partial charge on any atom is -0.467 e. The number of nitrogens with one attached hydrogen (secondary N) is 2. The highest BCUT2D eigenvalue weighted by Crippen LogP contribution is 2.33. The van der Waals surface area contributed by atoms with Crippen molar-refractivity contribution >= 4 is 11.9 Å². The molecule has 2 N–H and O–H groups in total. The number of benzene rings is 1. The molecule has 1 aromatic carbocycles. The van der Waals surface area contributed by atoms with E-state index in [0.717, 1.165) is 19.3 Å². The van der Waals surface area contributed by atoms with Crippen molar-refractivity contribution in [2.75, 3.05) is 13.6 Å². The number of imide groups is 1. The molecule has 1 aliphatic rings. The maximum atomic E-state index is 12.1. The largest absolute Gasteiger partial charge is 0.467 e. The number of hydrogen-bond acceptors (Lipinski definition) is 4. The van der Waals surface area contributed by atoms with Gasteiger partial charge in [-0.25, -0.2) is 4.79 Å². The van der Waals surface area contributed by atoms with E-state index in [1.54, 1.807) is 12.1 Å². The lowest BCUT2D eigenvalue weighted by atomic mass is 9.87. The molecule has 3 rings (SSSR count). The third kappa shape index (κ3) is 4.48. The number of carbonyl (C=O) groups excluding carboxylic acids is 2. The third-order valence-electron chi connectivity index (χ3n) is 4.52. The van der Waals surface area contributed by atoms with Gasteiger partial charge in [0.05, 0.1) is 19.4 Å². The van der Waals surface area contributed by atoms with Gasteiger partial charge in [0.1, 0.15) is 5.76 Å². The van der Waals surface area contributed by atoms with Gasteiger partial charge in [0.15, 0.2) is 0 Å². The second-order valence-electron chi connectivity index (χ2n) is 6.33. The van der Waals surface area contributed by atoms with E-state index in [1.165, 1.54) is 17.4 Å². The first kappa shape index (κ1) is 17.2. The topological polar surface area (TPSA) is 74.6 Å². The zero-order chi connectivity index (χ0) is 17.6. The van der Waals surface area contributed by atoms with Crippen molar-refractivity contribution in [1.82, 2.24) is 15.5 Å². The number of urea groups is 1. The number of aryl methyl sites for hydroxylation is 1. The molecule has 1 aromatic heterocycles. The summed E-state index contributed by atoms with van der Waals surface area (Å²) < 4.78 is 5.13. The lowest BCUT2D eigenvalue weighted by Crippen LogP contribution is -2.44. The van der Waals surface area contributed by atoms with Crippen LogP contribution in [0.2, 0.25) is 0 Å². The van der Waals surface area contributed by atoms with Crippen molar-refractivity contribution in [2.45, 2.75) is 31.8 Å². The number of furan rings is 1. The first-order chi connectivity index (χ1) is 12.1. The zero-order valence-corrected chi connectivity index (χ0v) is 14.3. The Balaban J connectivity index is 1.50. The summed E-state index contributed by atoms with van der Waals surface area (Å²) in [7, 11) is 1.92. The summed E-state index contributed by atoms with van der Waals surface area (Å²) in [5.74, 6) is 0.320. The molecular weight excluding hydrogens is 318 g/mol. The van der Waals surface area contributed by atoms with Gasteiger partial charge in [-0.05, 0) is 49.6 Å². The van der Waals surface area contributed by atoms with Crippen LogP contribution in [-0.4, -0.2) is 30.4 Å². The summed E-state index contributed by atoms with van der Waals surface area (Å²) in [6.45, 7) is 0.422. The fraction of sp³-hybridized carbons (Fsp3) is 0.368. The summed E-state index contributed by atoms with van der Waals surface area (Å²) in [4.78, 5) is 26.0. The van der Waals surface area contributed by atoms with Gasteiger partial charge in [-0.15, -0.1) is 0 Å². The van der Waals surface area contributed by atoms with Crippen molar-refractivity contribution in [3.8, 4) is 0 Å². The van der Waals surface area contributed by atoms with E-state index >= 15 is 0 Å². The molecular formula is C19H23N3O3. The molecule has 1 atom stereocenters. The highest BCUT2D eigenvalue weighted by molar-refractivity contribution is 5.95. The molecule has 6 heteroatoms. The summed E-state index contributed by atoms with van der Waals surface area (Å²) in [5.41, 5.74) is 2.63. The molecule has 6 nitrogen and oxygen atoms in total. The van der Waals surface area contributed by atoms with E-state index in [0.29, 0.717) is 5.76 Å². The predicted octanol–water partition coefficient (Wildman–Crippen LogP) is 2.61. The van der Waals surface area contributed by atoms with Crippen LogP contribution in [0.25, 0.3) is 0 Å². The molecule has 3 amide bonds. The molecule has 0 unspecified atom stereocenters. The third-order valence-corrected chi connectivity index (χ3v) is 4.52. The number of carbonyl (C=O) groups is 2. The average Bonchev–Trinajstić information content (AvgIpc) is 3.13. The predicted molar refractivity (Wildman–Crippen MR) is 93.8 cm³/mol. The Kier molecular flexibility index (Phi) is 5.50. The Morgan fingerprint density at radius 2 is 2.08 bits per heavy atom. The highest BCUT2D eigenvalue weighted by atomic mass is 16.3. The van der Waals surface area contributed by atoms with Gasteiger partial charge in [-0.1, -0.05) is 24.3 Å². The van der Waals surface area contributed by atoms with Crippen molar-refractivity contribution < 1.29 is 14.0 Å². The Labute approximate surface area is 147 Å². The Bertz CT molecular complexity index is 727. The van der Waals surface area contributed by atoms with Gasteiger partial charge in [0, 0.05) is 6.04 Å². The molecule has 0 saturated carbocycles. The van der Waals surface area contributed by atoms with Gasteiger partial charge in [-0.3, -0.25) is 15.0 Å². The fourth-order valence-corrected chi connectivity index (χ4v) is 3.31. The lowest BCUT2D eigenvalue weighted by Gasteiger charge is -2.32. The maximum absolute atomic E-state index is 12.1. The molecule has 0 fully saturated rings. The maximum Gasteiger partial charge on any atom is 0.321 e. The second-order valence-corrected chi connectivity index (χ2v) is 6.33. The molecule has 1 aliphatic carbocycles. The highest BCUT2D eigenvalue weighted by Gasteiger charge is 2.24. The summed E-state index contributed by atoms with van der Waals surface area (Å²) in [6.07, 6.45) is 4.75. The zero-order valence-electron chi connectivity index (χ0n) is 14.3. The van der Waals surface area contributed by atoms with Gasteiger partial charge >= 0.3 is 6.03 Å². The molecule has 0 bridgehead atoms. The summed E-state index contributed by atoms with van der Waals surface area (Å²) in [6, 6.07) is 11.6. The van der Waals surface area contributed by atoms with Crippen LogP contribution in [0.1, 0.15) is 35.8 Å². The van der Waals surface area contributed by atoms with E-state index in [1.807, 2.05) is 18.0 Å². The fourth-order valence-electron chi connectivity index (χ4n) is 3.31. The van der Waals surface area contributed by atoms with Gasteiger partial charge in [0.25, 0.3) is 0 Å². The SMILES string of the molecule is CN(CC(=O)NC(=O)NCc1ccco1)[C@H]1CCCc2ccccc21. The lowest BCUT2D eigenvalue weighted by molar-refractivity contribution is -0.121. The van der Waals surface area contributed by atoms with E-state index in [-0.39, 0.29) is 25.0 Å². The molecule has 0 spiro atoms. The number of likely N-dealkylation sites (N-methyl/N-ethyl adjacent to an activating group) is 1. The van der Waals surface area contributed by atoms with Crippen molar-refractivity contribution in [3.05, 3.63) is 59.5 Å². The first-order valence-corrected chi connectivity index (χ1v) is 8.51. The number of hydrogen-bond donors (Lipinski definition) is 2. The monoisotopic (exact) mass is 341 g/mol. The smallest absolute Gasteiger partial charge is 0.321 e. The first-order valence-electron chi connectivity index (χ1n) is 8.51. The standard InChI is InChI=1S/C19H23N3O3/c1-22(17-10-4-7-14-6-2-3-9-16(14)17)13-18(23)21-19(24)20-12-15-8-5-11-25-15/h2-3,5-6,8-9,11,17H,4,7,10,12-13H2,1H3,(H2,20,21,23,24)/t17-/m0/s1. The Morgan fingerprint density at radius 3 is 2.88 bits per heavy atom. The average molecular weight is 341 g/mol. The summed E-state index contributed by atoms with van der Waals surface area (Å²) in [5, 5.41) is 4.97. The quantitative estimate of drug-likeness (QED) is 0.877. The minimum absolute atomic E-state index is 0.174. The van der Waals surface area contributed by atoms with Crippen LogP contribution >= 0.6 is 0 Å². The van der Waals surface area contributed by atoms with Crippen LogP contribution in [0.3, 0.4) is 0 Å². The van der Waals surface area contributed by atoms with E-state index in [2.05, 4.69) is 28.8 Å². The van der Waals surface area contributed by atoms with Gasteiger partial charge in [0.2, 0.25) is 5.91 Å². The molecule has 0 aliphatic heterocycles. The van der Waals surface area contributed by atoms with Crippen LogP contribution in [0.15, 0.2) is 47.1 Å². The van der Waals surface area contributed by atoms with Gasteiger partial charge in [-0.2, -0.15) is 0 Å². The van der Waals surface area contributed by atoms with E-state index in [4.69, 9.17) is 4.42 Å². The molecule has 0 radical (unpaired) electrons. The molecule has 1 heterocycles. The van der Waals surface area contributed by atoms with Crippen LogP contribution in [0.5, 0.6) is 0 Å². The normalized spacial score (nSPS) is 16.3. The molecule has 25 heavy (non-hydrogen) atoms. The van der Waals surface area contributed by atoms with Gasteiger partial charge < -0.3 is 9.73 Å². The van der Waals surface area contributed by atoms with Crippen LogP contribution in [-0.2, 0) is 17.8 Å². The number of fused-ring (bicyclic) bond motifs is 1. The Morgan fingerprint density at radius 1 is 1.24 bits per heavy atom. The minimum atomic E-state index is -0.515. The molecule has 132 valence electrons. The number of nitrogens with zero attached hydrogens (tertiary/aromatic N) is 1. The van der Waals surface area contributed by atoms with Crippen molar-refractivity contribution in [2.24, 2.45) is 0 Å². The van der Waals surface area contributed by atoms with Crippen LogP contribution < -0.4 is 10.6 Å². The van der Waals surface area contributed by atoms with E-state index < -0.39 is 6.03 Å². The Hall–Kier alpha value is -2.60. The van der Waals surface area contributed by atoms with Crippen molar-refractivity contribution in [1.29, 1.82) is 0 Å². The van der Waals surface area contributed by atoms with Crippen LogP contribution in [0.4, 0.5) is 4.79 Å². The van der Waals surface area contributed by atoms with Crippen molar-refractivity contribution in [3.63, 3.8) is 0 Å². The number of rotatable bonds is 5.